The van der Waals surface area contributed by atoms with Gasteiger partial charge in [0.15, 0.2) is 0 Å². The summed E-state index contributed by atoms with van der Waals surface area (Å²) in [6.07, 6.45) is -0.144. The summed E-state index contributed by atoms with van der Waals surface area (Å²) in [5.74, 6) is 0.747. The smallest absolute Gasteiger partial charge is 0.307 e. The monoisotopic (exact) mass is 457 g/mol. The minimum absolute atomic E-state index is 0.110. The number of nitrogens with one attached hydrogen (secondary N) is 1. The van der Waals surface area contributed by atoms with Gasteiger partial charge in [0.05, 0.1) is 37.7 Å². The lowest BCUT2D eigenvalue weighted by molar-refractivity contribution is -0.143. The summed E-state index contributed by atoms with van der Waals surface area (Å²) in [5, 5.41) is 1.24. The fourth-order valence-corrected chi connectivity index (χ4v) is 4.90. The van der Waals surface area contributed by atoms with Crippen LogP contribution in [-0.4, -0.2) is 34.7 Å². The van der Waals surface area contributed by atoms with Crippen LogP contribution < -0.4 is 14.2 Å². The van der Waals surface area contributed by atoms with Crippen LogP contribution in [0.3, 0.4) is 0 Å². The molecule has 0 spiro atoms. The summed E-state index contributed by atoms with van der Waals surface area (Å²) in [7, 11) is -2.44. The Balaban J connectivity index is 2.01. The van der Waals surface area contributed by atoms with Crippen molar-refractivity contribution >= 4 is 26.8 Å². The average molecular weight is 458 g/mol. The highest BCUT2D eigenvalue weighted by Crippen LogP contribution is 2.32. The van der Waals surface area contributed by atoms with Crippen molar-refractivity contribution in [3.8, 4) is 11.5 Å². The molecule has 0 aromatic heterocycles. The van der Waals surface area contributed by atoms with E-state index < -0.39 is 22.0 Å². The van der Waals surface area contributed by atoms with Gasteiger partial charge in [-0.15, -0.1) is 0 Å². The molecule has 0 fully saturated rings. The second kappa shape index (κ2) is 10.5. The lowest BCUT2D eigenvalue weighted by atomic mass is 10.0. The third-order valence-corrected chi connectivity index (χ3v) is 6.45. The minimum atomic E-state index is -3.99. The first-order chi connectivity index (χ1) is 15.4. The van der Waals surface area contributed by atoms with Crippen molar-refractivity contribution in [2.45, 2.75) is 31.2 Å². The van der Waals surface area contributed by atoms with Crippen LogP contribution >= 0.6 is 0 Å². The number of methoxy groups -OCH3 is 1. The highest BCUT2D eigenvalue weighted by atomic mass is 32.2. The van der Waals surface area contributed by atoms with Crippen LogP contribution in [0.4, 0.5) is 0 Å². The van der Waals surface area contributed by atoms with Crippen molar-refractivity contribution in [2.24, 2.45) is 0 Å². The van der Waals surface area contributed by atoms with E-state index in [2.05, 4.69) is 4.72 Å². The fourth-order valence-electron chi connectivity index (χ4n) is 3.46. The Labute approximate surface area is 188 Å². The zero-order valence-corrected chi connectivity index (χ0v) is 19.1. The molecule has 32 heavy (non-hydrogen) atoms. The molecular formula is C24H27NO6S. The maximum atomic E-state index is 13.4. The van der Waals surface area contributed by atoms with Gasteiger partial charge in [0, 0.05) is 10.8 Å². The van der Waals surface area contributed by atoms with E-state index in [1.165, 1.54) is 6.07 Å². The molecular weight excluding hydrogens is 430 g/mol. The topological polar surface area (TPSA) is 90.9 Å². The first kappa shape index (κ1) is 23.6. The molecule has 0 aliphatic carbocycles. The number of benzene rings is 3. The first-order valence-electron chi connectivity index (χ1n) is 10.4. The van der Waals surface area contributed by atoms with Gasteiger partial charge >= 0.3 is 5.97 Å². The van der Waals surface area contributed by atoms with Crippen LogP contribution in [0.25, 0.3) is 10.8 Å². The van der Waals surface area contributed by atoms with Crippen LogP contribution in [0.15, 0.2) is 65.6 Å². The molecule has 0 aliphatic heterocycles. The van der Waals surface area contributed by atoms with Gasteiger partial charge in [0.1, 0.15) is 11.5 Å². The zero-order valence-electron chi connectivity index (χ0n) is 18.3. The van der Waals surface area contributed by atoms with Gasteiger partial charge in [-0.2, -0.15) is 0 Å². The van der Waals surface area contributed by atoms with Gasteiger partial charge in [0.25, 0.3) is 0 Å². The Hall–Kier alpha value is -3.10. The fraction of sp³-hybridized carbons (Fsp3) is 0.292. The van der Waals surface area contributed by atoms with Gasteiger partial charge in [-0.3, -0.25) is 4.79 Å². The number of hydrogen-bond acceptors (Lipinski definition) is 6. The first-order valence-corrected chi connectivity index (χ1v) is 11.8. The summed E-state index contributed by atoms with van der Waals surface area (Å²) < 4.78 is 45.4. The van der Waals surface area contributed by atoms with Crippen molar-refractivity contribution in [1.82, 2.24) is 4.72 Å². The SMILES string of the molecule is CCOC(=O)CC(NS(=O)(=O)c1ccc(OCC)c2ccccc12)c1ccc(OC)cc1. The molecule has 3 rings (SSSR count). The lowest BCUT2D eigenvalue weighted by Gasteiger charge is -2.20. The lowest BCUT2D eigenvalue weighted by Crippen LogP contribution is -2.31. The van der Waals surface area contributed by atoms with E-state index in [-0.39, 0.29) is 17.9 Å². The molecule has 1 atom stereocenters. The van der Waals surface area contributed by atoms with E-state index in [0.29, 0.717) is 34.4 Å². The molecule has 0 radical (unpaired) electrons. The Morgan fingerprint density at radius 2 is 1.62 bits per heavy atom. The van der Waals surface area contributed by atoms with Crippen molar-refractivity contribution < 1.29 is 27.4 Å². The van der Waals surface area contributed by atoms with Crippen LogP contribution in [0.1, 0.15) is 31.9 Å². The summed E-state index contributed by atoms with van der Waals surface area (Å²) in [5.41, 5.74) is 0.623. The molecule has 0 heterocycles. The predicted octanol–water partition coefficient (Wildman–Crippen LogP) is 4.22. The quantitative estimate of drug-likeness (QED) is 0.459. The zero-order chi connectivity index (χ0) is 23.1. The molecule has 0 amide bonds. The van der Waals surface area contributed by atoms with Crippen molar-refractivity contribution in [1.29, 1.82) is 0 Å². The molecule has 3 aromatic rings. The predicted molar refractivity (Wildman–Crippen MR) is 122 cm³/mol. The van der Waals surface area contributed by atoms with Crippen LogP contribution in [-0.2, 0) is 19.6 Å². The standard InChI is InChI=1S/C24H27NO6S/c1-4-30-22-14-15-23(20-9-7-6-8-19(20)22)32(27,28)25-21(16-24(26)31-5-2)17-10-12-18(29-3)13-11-17/h6-15,21,25H,4-5,16H2,1-3H3. The van der Waals surface area contributed by atoms with E-state index in [9.17, 15) is 13.2 Å². The summed E-state index contributed by atoms with van der Waals surface area (Å²) in [6, 6.07) is 16.4. The maximum absolute atomic E-state index is 13.4. The van der Waals surface area contributed by atoms with Crippen molar-refractivity contribution in [3.05, 3.63) is 66.2 Å². The number of esters is 1. The van der Waals surface area contributed by atoms with Gasteiger partial charge in [-0.1, -0.05) is 36.4 Å². The average Bonchev–Trinajstić information content (AvgIpc) is 2.79. The molecule has 0 saturated carbocycles. The van der Waals surface area contributed by atoms with Crippen LogP contribution in [0.5, 0.6) is 11.5 Å². The summed E-state index contributed by atoms with van der Waals surface area (Å²) in [4.78, 5) is 12.3. The van der Waals surface area contributed by atoms with E-state index in [1.807, 2.05) is 19.1 Å². The number of carbonyl (C=O) groups is 1. The van der Waals surface area contributed by atoms with Gasteiger partial charge in [-0.05, 0) is 43.7 Å². The van der Waals surface area contributed by atoms with E-state index in [4.69, 9.17) is 14.2 Å². The third-order valence-electron chi connectivity index (χ3n) is 4.93. The van der Waals surface area contributed by atoms with Crippen molar-refractivity contribution in [2.75, 3.05) is 20.3 Å². The second-order valence-corrected chi connectivity index (χ2v) is 8.68. The number of fused-ring (bicyclic) bond motifs is 1. The van der Waals surface area contributed by atoms with E-state index >= 15 is 0 Å². The molecule has 0 saturated heterocycles. The number of ether oxygens (including phenoxy) is 3. The molecule has 7 nitrogen and oxygen atoms in total. The number of rotatable bonds is 10. The molecule has 0 aliphatic rings. The Kier molecular flexibility index (Phi) is 7.71. The highest BCUT2D eigenvalue weighted by Gasteiger charge is 2.26. The number of hydrogen-bond donors (Lipinski definition) is 1. The number of carbonyl (C=O) groups excluding carboxylic acids is 1. The summed E-state index contributed by atoms with van der Waals surface area (Å²) >= 11 is 0. The van der Waals surface area contributed by atoms with E-state index in [1.54, 1.807) is 56.5 Å². The van der Waals surface area contributed by atoms with E-state index in [0.717, 1.165) is 0 Å². The molecule has 1 N–H and O–H groups in total. The number of sulfonamides is 1. The normalized spacial score (nSPS) is 12.3. The van der Waals surface area contributed by atoms with Crippen molar-refractivity contribution in [3.63, 3.8) is 0 Å². The second-order valence-electron chi connectivity index (χ2n) is 7.00. The largest absolute Gasteiger partial charge is 0.497 e. The Morgan fingerprint density at radius 1 is 0.938 bits per heavy atom. The van der Waals surface area contributed by atoms with Crippen LogP contribution in [0, 0.1) is 0 Å². The van der Waals surface area contributed by atoms with Gasteiger partial charge in [0.2, 0.25) is 10.0 Å². The third kappa shape index (κ3) is 5.38. The molecule has 170 valence electrons. The minimum Gasteiger partial charge on any atom is -0.497 e. The van der Waals surface area contributed by atoms with Crippen LogP contribution in [0.2, 0.25) is 0 Å². The molecule has 0 bridgehead atoms. The maximum Gasteiger partial charge on any atom is 0.307 e. The Morgan fingerprint density at radius 3 is 2.25 bits per heavy atom. The molecule has 3 aromatic carbocycles. The summed E-state index contributed by atoms with van der Waals surface area (Å²) in [6.45, 7) is 4.25. The molecule has 8 heteroatoms. The highest BCUT2D eigenvalue weighted by molar-refractivity contribution is 7.89. The Bertz CT molecular complexity index is 1170. The van der Waals surface area contributed by atoms with Gasteiger partial charge in [-0.25, -0.2) is 13.1 Å². The van der Waals surface area contributed by atoms with Gasteiger partial charge < -0.3 is 14.2 Å². The molecule has 1 unspecified atom stereocenters.